The van der Waals surface area contributed by atoms with Gasteiger partial charge in [-0.1, -0.05) is 11.6 Å². The number of aromatic nitrogens is 2. The molecular formula is C14H12Cl2N2O. The first-order valence-electron chi connectivity index (χ1n) is 5.99. The lowest BCUT2D eigenvalue weighted by Crippen LogP contribution is -2.05. The molecular weight excluding hydrogens is 283 g/mol. The average molecular weight is 295 g/mol. The first-order valence-corrected chi connectivity index (χ1v) is 6.91. The van der Waals surface area contributed by atoms with E-state index in [0.717, 1.165) is 28.8 Å². The molecule has 2 aromatic heterocycles. The quantitative estimate of drug-likeness (QED) is 0.678. The zero-order chi connectivity index (χ0) is 13.2. The molecule has 0 spiro atoms. The number of nitrogens with zero attached hydrogens (tertiary/aromatic N) is 2. The number of furan rings is 1. The summed E-state index contributed by atoms with van der Waals surface area (Å²) in [4.78, 5) is 4.61. The van der Waals surface area contributed by atoms with E-state index in [9.17, 15) is 0 Å². The number of fused-ring (bicyclic) bond motifs is 1. The zero-order valence-corrected chi connectivity index (χ0v) is 11.7. The maximum atomic E-state index is 6.07. The van der Waals surface area contributed by atoms with Crippen molar-refractivity contribution >= 4 is 34.2 Å². The van der Waals surface area contributed by atoms with Crippen LogP contribution < -0.4 is 0 Å². The summed E-state index contributed by atoms with van der Waals surface area (Å²) in [5.74, 6) is 1.51. The molecule has 1 aromatic carbocycles. The van der Waals surface area contributed by atoms with Gasteiger partial charge in [0.2, 0.25) is 0 Å². The highest BCUT2D eigenvalue weighted by molar-refractivity contribution is 6.31. The number of hydrogen-bond acceptors (Lipinski definition) is 2. The van der Waals surface area contributed by atoms with E-state index in [1.54, 1.807) is 12.5 Å². The van der Waals surface area contributed by atoms with E-state index in [-0.39, 0.29) is 0 Å². The summed E-state index contributed by atoms with van der Waals surface area (Å²) in [5, 5.41) is 0.707. The summed E-state index contributed by atoms with van der Waals surface area (Å²) in [6, 6.07) is 7.66. The monoisotopic (exact) mass is 294 g/mol. The lowest BCUT2D eigenvalue weighted by atomic mass is 10.3. The van der Waals surface area contributed by atoms with Crippen LogP contribution in [0.3, 0.4) is 0 Å². The standard InChI is InChI=1S/C14H12Cl2N2O/c15-5-3-14-17-12-2-1-11(16)7-13(12)18(14)8-10-4-6-19-9-10/h1-2,4,6-7,9H,3,5,8H2. The molecule has 0 aliphatic carbocycles. The van der Waals surface area contributed by atoms with Crippen LogP contribution in [0.1, 0.15) is 11.4 Å². The third-order valence-electron chi connectivity index (χ3n) is 3.03. The Morgan fingerprint density at radius 2 is 2.16 bits per heavy atom. The fourth-order valence-electron chi connectivity index (χ4n) is 2.16. The van der Waals surface area contributed by atoms with Crippen molar-refractivity contribution in [3.05, 3.63) is 53.2 Å². The molecule has 0 saturated heterocycles. The van der Waals surface area contributed by atoms with E-state index < -0.39 is 0 Å². The molecule has 0 aliphatic heterocycles. The van der Waals surface area contributed by atoms with Crippen LogP contribution in [-0.4, -0.2) is 15.4 Å². The van der Waals surface area contributed by atoms with Crippen LogP contribution >= 0.6 is 23.2 Å². The minimum Gasteiger partial charge on any atom is -0.472 e. The van der Waals surface area contributed by atoms with E-state index in [0.29, 0.717) is 17.4 Å². The van der Waals surface area contributed by atoms with Gasteiger partial charge in [0, 0.05) is 22.9 Å². The van der Waals surface area contributed by atoms with Crippen molar-refractivity contribution < 1.29 is 4.42 Å². The number of halogens is 2. The minimum absolute atomic E-state index is 0.544. The van der Waals surface area contributed by atoms with Crippen molar-refractivity contribution in [1.29, 1.82) is 0 Å². The Labute approximate surface area is 120 Å². The summed E-state index contributed by atoms with van der Waals surface area (Å²) >= 11 is 11.9. The zero-order valence-electron chi connectivity index (χ0n) is 10.1. The fourth-order valence-corrected chi connectivity index (χ4v) is 2.50. The molecule has 3 rings (SSSR count). The van der Waals surface area contributed by atoms with E-state index in [2.05, 4.69) is 9.55 Å². The van der Waals surface area contributed by atoms with Crippen LogP contribution in [0.4, 0.5) is 0 Å². The van der Waals surface area contributed by atoms with Gasteiger partial charge in [0.1, 0.15) is 5.82 Å². The van der Waals surface area contributed by atoms with Crippen molar-refractivity contribution in [2.45, 2.75) is 13.0 Å². The van der Waals surface area contributed by atoms with Crippen LogP contribution in [0.25, 0.3) is 11.0 Å². The van der Waals surface area contributed by atoms with Crippen molar-refractivity contribution in [1.82, 2.24) is 9.55 Å². The highest BCUT2D eigenvalue weighted by Crippen LogP contribution is 2.22. The van der Waals surface area contributed by atoms with Gasteiger partial charge in [-0.25, -0.2) is 4.98 Å². The van der Waals surface area contributed by atoms with Gasteiger partial charge >= 0.3 is 0 Å². The predicted octanol–water partition coefficient (Wildman–Crippen LogP) is 4.11. The molecule has 0 unspecified atom stereocenters. The Hall–Kier alpha value is -1.45. The lowest BCUT2D eigenvalue weighted by Gasteiger charge is -2.06. The second kappa shape index (κ2) is 5.27. The molecule has 0 atom stereocenters. The van der Waals surface area contributed by atoms with Gasteiger partial charge in [-0.15, -0.1) is 11.6 Å². The number of imidazole rings is 1. The van der Waals surface area contributed by atoms with Crippen molar-refractivity contribution in [3.8, 4) is 0 Å². The SMILES string of the molecule is ClCCc1nc2ccc(Cl)cc2n1Cc1ccoc1. The number of benzene rings is 1. The first kappa shape index (κ1) is 12.6. The largest absolute Gasteiger partial charge is 0.472 e. The van der Waals surface area contributed by atoms with Gasteiger partial charge in [0.25, 0.3) is 0 Å². The topological polar surface area (TPSA) is 31.0 Å². The third kappa shape index (κ3) is 2.48. The Morgan fingerprint density at radius 3 is 2.89 bits per heavy atom. The number of rotatable bonds is 4. The Morgan fingerprint density at radius 1 is 1.26 bits per heavy atom. The van der Waals surface area contributed by atoms with Crippen molar-refractivity contribution in [2.24, 2.45) is 0 Å². The van der Waals surface area contributed by atoms with E-state index in [4.69, 9.17) is 27.6 Å². The Bertz CT molecular complexity index is 689. The molecule has 0 radical (unpaired) electrons. The maximum absolute atomic E-state index is 6.07. The normalized spacial score (nSPS) is 11.3. The molecule has 0 fully saturated rings. The summed E-state index contributed by atoms with van der Waals surface area (Å²) in [6.45, 7) is 0.708. The average Bonchev–Trinajstić information content (AvgIpc) is 3.00. The smallest absolute Gasteiger partial charge is 0.111 e. The van der Waals surface area contributed by atoms with E-state index >= 15 is 0 Å². The minimum atomic E-state index is 0.544. The van der Waals surface area contributed by atoms with Crippen molar-refractivity contribution in [2.75, 3.05) is 5.88 Å². The molecule has 0 N–H and O–H groups in total. The van der Waals surface area contributed by atoms with Crippen LogP contribution in [0.2, 0.25) is 5.02 Å². The number of alkyl halides is 1. The third-order valence-corrected chi connectivity index (χ3v) is 3.45. The van der Waals surface area contributed by atoms with E-state index in [1.807, 2.05) is 24.3 Å². The molecule has 19 heavy (non-hydrogen) atoms. The van der Waals surface area contributed by atoms with Gasteiger partial charge in [-0.05, 0) is 24.3 Å². The Kier molecular flexibility index (Phi) is 3.49. The first-order chi connectivity index (χ1) is 9.28. The van der Waals surface area contributed by atoms with Gasteiger partial charge in [-0.3, -0.25) is 0 Å². The number of aryl methyl sites for hydroxylation is 1. The molecule has 98 valence electrons. The maximum Gasteiger partial charge on any atom is 0.111 e. The van der Waals surface area contributed by atoms with Crippen LogP contribution in [-0.2, 0) is 13.0 Å². The summed E-state index contributed by atoms with van der Waals surface area (Å²) < 4.78 is 7.25. The molecule has 0 bridgehead atoms. The highest BCUT2D eigenvalue weighted by atomic mass is 35.5. The molecule has 0 saturated carbocycles. The number of hydrogen-bond donors (Lipinski definition) is 0. The Balaban J connectivity index is 2.12. The lowest BCUT2D eigenvalue weighted by molar-refractivity contribution is 0.562. The summed E-state index contributed by atoms with van der Waals surface area (Å²) in [6.07, 6.45) is 4.13. The van der Waals surface area contributed by atoms with Gasteiger partial charge in [0.15, 0.2) is 0 Å². The summed E-state index contributed by atoms with van der Waals surface area (Å²) in [5.41, 5.74) is 3.05. The highest BCUT2D eigenvalue weighted by Gasteiger charge is 2.11. The fraction of sp³-hybridized carbons (Fsp3) is 0.214. The van der Waals surface area contributed by atoms with Gasteiger partial charge in [-0.2, -0.15) is 0 Å². The summed E-state index contributed by atoms with van der Waals surface area (Å²) in [7, 11) is 0. The predicted molar refractivity (Wildman–Crippen MR) is 77.0 cm³/mol. The molecule has 2 heterocycles. The van der Waals surface area contributed by atoms with Crippen LogP contribution in [0, 0.1) is 0 Å². The molecule has 0 amide bonds. The van der Waals surface area contributed by atoms with Gasteiger partial charge < -0.3 is 8.98 Å². The second-order valence-corrected chi connectivity index (χ2v) is 5.13. The van der Waals surface area contributed by atoms with E-state index in [1.165, 1.54) is 0 Å². The molecule has 0 aliphatic rings. The van der Waals surface area contributed by atoms with Gasteiger partial charge in [0.05, 0.1) is 30.1 Å². The molecule has 3 aromatic rings. The van der Waals surface area contributed by atoms with Crippen LogP contribution in [0.5, 0.6) is 0 Å². The molecule has 5 heteroatoms. The van der Waals surface area contributed by atoms with Crippen LogP contribution in [0.15, 0.2) is 41.2 Å². The second-order valence-electron chi connectivity index (χ2n) is 4.32. The van der Waals surface area contributed by atoms with Crippen molar-refractivity contribution in [3.63, 3.8) is 0 Å². The molecule has 3 nitrogen and oxygen atoms in total.